The van der Waals surface area contributed by atoms with Crippen LogP contribution in [0.2, 0.25) is 0 Å². The van der Waals surface area contributed by atoms with Crippen molar-refractivity contribution in [2.24, 2.45) is 0 Å². The van der Waals surface area contributed by atoms with Gasteiger partial charge in [-0.05, 0) is 151 Å². The minimum Gasteiger partial charge on any atom is -0.306 e. The molecule has 0 bridgehead atoms. The molecule has 0 amide bonds. The highest BCUT2D eigenvalue weighted by atomic mass is 32.1. The summed E-state index contributed by atoms with van der Waals surface area (Å²) in [6, 6.07) is 43.3. The number of hydrogen-bond acceptors (Lipinski definition) is 4. The largest absolute Gasteiger partial charge is 0.306 e. The number of fused-ring (bicyclic) bond motifs is 11. The second-order valence-electron chi connectivity index (χ2n) is 23.8. The zero-order chi connectivity index (χ0) is 44.1. The smallest absolute Gasteiger partial charge is 0.126 e. The Morgan fingerprint density at radius 3 is 1.67 bits per heavy atom. The van der Waals surface area contributed by atoms with E-state index < -0.39 is 0 Å². The van der Waals surface area contributed by atoms with Gasteiger partial charge in [0.25, 0.3) is 0 Å². The Morgan fingerprint density at radius 1 is 0.444 bits per heavy atom. The fourth-order valence-corrected chi connectivity index (χ4v) is 14.7. The van der Waals surface area contributed by atoms with Gasteiger partial charge >= 0.3 is 0 Å². The molecular formula is C59H61N3S. The summed E-state index contributed by atoms with van der Waals surface area (Å²) in [5.74, 6) is 0. The fraction of sp³-hybridized carbons (Fsp3) is 0.356. The van der Waals surface area contributed by atoms with Crippen LogP contribution in [0, 0.1) is 0 Å². The molecule has 3 aliphatic carbocycles. The van der Waals surface area contributed by atoms with E-state index in [1.807, 2.05) is 11.3 Å². The maximum atomic E-state index is 2.68. The Balaban J connectivity index is 1.18. The van der Waals surface area contributed by atoms with Gasteiger partial charge in [0.05, 0.1) is 34.1 Å². The van der Waals surface area contributed by atoms with E-state index in [1.54, 1.807) is 0 Å². The molecule has 63 heavy (non-hydrogen) atoms. The molecule has 2 aliphatic heterocycles. The van der Waals surface area contributed by atoms with Crippen molar-refractivity contribution in [1.29, 1.82) is 0 Å². The minimum atomic E-state index is -0.0833. The van der Waals surface area contributed by atoms with E-state index in [9.17, 15) is 0 Å². The zero-order valence-corrected chi connectivity index (χ0v) is 40.4. The van der Waals surface area contributed by atoms with Crippen molar-refractivity contribution >= 4 is 71.9 Å². The van der Waals surface area contributed by atoms with Gasteiger partial charge in [0.1, 0.15) is 5.00 Å². The summed E-state index contributed by atoms with van der Waals surface area (Å²) in [5, 5.41) is 2.60. The van der Waals surface area contributed by atoms with E-state index in [2.05, 4.69) is 214 Å². The van der Waals surface area contributed by atoms with E-state index in [0.717, 1.165) is 12.8 Å². The first-order chi connectivity index (χ1) is 29.6. The van der Waals surface area contributed by atoms with Crippen LogP contribution >= 0.6 is 11.3 Å². The molecular weight excluding hydrogens is 783 g/mol. The van der Waals surface area contributed by atoms with Gasteiger partial charge in [0, 0.05) is 26.9 Å². The van der Waals surface area contributed by atoms with E-state index in [1.165, 1.54) is 111 Å². The third-order valence-corrected chi connectivity index (χ3v) is 17.1. The molecule has 0 atom stereocenters. The number of anilines is 9. The van der Waals surface area contributed by atoms with Crippen molar-refractivity contribution in [3.05, 3.63) is 148 Å². The summed E-state index contributed by atoms with van der Waals surface area (Å²) < 4.78 is 1.33. The molecule has 4 heteroatoms. The normalized spacial score (nSPS) is 19.6. The number of rotatable bonds is 2. The summed E-state index contributed by atoms with van der Waals surface area (Å²) in [5.41, 5.74) is 23.0. The van der Waals surface area contributed by atoms with Crippen LogP contribution in [0.3, 0.4) is 0 Å². The van der Waals surface area contributed by atoms with Crippen molar-refractivity contribution < 1.29 is 0 Å². The standard InChI is InChI=1S/C59H61N3S/c1-54(2,3)34-21-23-35(24-22-34)61-47-20-16-19-46-52(47)62(53-51(61)39-28-38-37-17-14-15-18-40(37)59(12,13)42(38)31-50(39)63-53)49-30-45-44(57(8,9)33-58(45,10)11)29-48(49)60(46)36-25-26-41-43(27-36)56(6,7)32-55(41,4)5/h14-31H,32-33H2,1-13H3. The first kappa shape index (κ1) is 39.3. The highest BCUT2D eigenvalue weighted by Gasteiger charge is 2.48. The lowest BCUT2D eigenvalue weighted by Crippen LogP contribution is -2.30. The van der Waals surface area contributed by atoms with Gasteiger partial charge < -0.3 is 9.80 Å². The van der Waals surface area contributed by atoms with E-state index in [-0.39, 0.29) is 32.5 Å². The number of para-hydroxylation sites is 1. The minimum absolute atomic E-state index is 0.0427. The Hall–Kier alpha value is -5.32. The van der Waals surface area contributed by atoms with Crippen LogP contribution in [0.4, 0.5) is 50.5 Å². The van der Waals surface area contributed by atoms with Gasteiger partial charge in [-0.15, -0.1) is 11.3 Å². The molecule has 3 heterocycles. The van der Waals surface area contributed by atoms with Gasteiger partial charge in [-0.2, -0.15) is 0 Å². The van der Waals surface area contributed by atoms with E-state index in [4.69, 9.17) is 0 Å². The van der Waals surface area contributed by atoms with E-state index in [0.29, 0.717) is 0 Å². The average Bonchev–Trinajstić information content (AvgIpc) is 3.82. The maximum Gasteiger partial charge on any atom is 0.126 e. The van der Waals surface area contributed by atoms with Crippen molar-refractivity contribution in [2.45, 2.75) is 135 Å². The predicted molar refractivity (Wildman–Crippen MR) is 271 cm³/mol. The maximum absolute atomic E-state index is 2.68. The molecule has 3 nitrogen and oxygen atoms in total. The lowest BCUT2D eigenvalue weighted by Gasteiger charge is -2.46. The number of nitrogens with zero attached hydrogens (tertiary/aromatic N) is 3. The first-order valence-electron chi connectivity index (χ1n) is 23.3. The van der Waals surface area contributed by atoms with Crippen molar-refractivity contribution in [1.82, 2.24) is 0 Å². The molecule has 7 aromatic rings. The molecule has 0 fully saturated rings. The van der Waals surface area contributed by atoms with Crippen LogP contribution in [0.15, 0.2) is 109 Å². The molecule has 0 saturated heterocycles. The summed E-state index contributed by atoms with van der Waals surface area (Å²) >= 11 is 1.97. The third kappa shape index (κ3) is 5.19. The third-order valence-electron chi connectivity index (χ3n) is 16.0. The van der Waals surface area contributed by atoms with Gasteiger partial charge in [-0.1, -0.05) is 139 Å². The molecule has 5 aliphatic rings. The van der Waals surface area contributed by atoms with Gasteiger partial charge in [-0.3, -0.25) is 4.90 Å². The van der Waals surface area contributed by atoms with Gasteiger partial charge in [0.2, 0.25) is 0 Å². The molecule has 318 valence electrons. The van der Waals surface area contributed by atoms with Crippen LogP contribution in [-0.2, 0) is 32.5 Å². The summed E-state index contributed by atoms with van der Waals surface area (Å²) in [6.45, 7) is 31.3. The summed E-state index contributed by atoms with van der Waals surface area (Å²) in [6.07, 6.45) is 2.26. The van der Waals surface area contributed by atoms with Crippen LogP contribution in [-0.4, -0.2) is 0 Å². The van der Waals surface area contributed by atoms with Crippen LogP contribution in [0.5, 0.6) is 0 Å². The quantitative estimate of drug-likeness (QED) is 0.172. The number of thiophene rings is 1. The molecule has 0 spiro atoms. The molecule has 6 aromatic carbocycles. The van der Waals surface area contributed by atoms with Crippen LogP contribution in [0.1, 0.15) is 142 Å². The van der Waals surface area contributed by atoms with Crippen molar-refractivity contribution in [3.63, 3.8) is 0 Å². The Kier molecular flexibility index (Phi) is 7.52. The second kappa shape index (κ2) is 12.1. The Morgan fingerprint density at radius 2 is 1.02 bits per heavy atom. The van der Waals surface area contributed by atoms with Crippen LogP contribution < -0.4 is 14.7 Å². The van der Waals surface area contributed by atoms with Crippen molar-refractivity contribution in [2.75, 3.05) is 14.7 Å². The molecule has 12 rings (SSSR count). The average molecular weight is 844 g/mol. The monoisotopic (exact) mass is 843 g/mol. The fourth-order valence-electron chi connectivity index (χ4n) is 13.4. The topological polar surface area (TPSA) is 9.72 Å². The zero-order valence-electron chi connectivity index (χ0n) is 39.6. The van der Waals surface area contributed by atoms with Gasteiger partial charge in [0.15, 0.2) is 0 Å². The number of benzene rings is 6. The van der Waals surface area contributed by atoms with E-state index >= 15 is 0 Å². The molecule has 0 N–H and O–H groups in total. The molecule has 0 saturated carbocycles. The van der Waals surface area contributed by atoms with Crippen LogP contribution in [0.25, 0.3) is 21.2 Å². The predicted octanol–water partition coefficient (Wildman–Crippen LogP) is 17.5. The Bertz CT molecular complexity index is 3140. The highest BCUT2D eigenvalue weighted by molar-refractivity contribution is 7.24. The molecule has 0 radical (unpaired) electrons. The first-order valence-corrected chi connectivity index (χ1v) is 24.1. The van der Waals surface area contributed by atoms with Gasteiger partial charge in [-0.25, -0.2) is 0 Å². The lowest BCUT2D eigenvalue weighted by molar-refractivity contribution is 0.403. The number of hydrogen-bond donors (Lipinski definition) is 0. The molecule has 0 unspecified atom stereocenters. The lowest BCUT2D eigenvalue weighted by atomic mass is 9.82. The summed E-state index contributed by atoms with van der Waals surface area (Å²) in [4.78, 5) is 7.91. The Labute approximate surface area is 379 Å². The van der Waals surface area contributed by atoms with Crippen molar-refractivity contribution in [3.8, 4) is 11.1 Å². The summed E-state index contributed by atoms with van der Waals surface area (Å²) in [7, 11) is 0. The highest BCUT2D eigenvalue weighted by Crippen LogP contribution is 2.68. The SMILES string of the molecule is CC(C)(C)c1ccc(N2c3cccc4c3N(c3cc5c(cc3N4c3ccc4c(c3)C(C)(C)CC4(C)C)C(C)(C)CC5(C)C)c3sc4cc5c(cc4c32)-c2ccccc2C5(C)C)cc1. The molecule has 1 aromatic heterocycles. The second-order valence-corrected chi connectivity index (χ2v) is 24.8.